The van der Waals surface area contributed by atoms with E-state index in [2.05, 4.69) is 5.32 Å². The maximum absolute atomic E-state index is 14.1. The number of halogens is 3. The number of thioether (sulfide) groups is 1. The van der Waals surface area contributed by atoms with Gasteiger partial charge in [0.15, 0.2) is 0 Å². The molecule has 0 saturated heterocycles. The van der Waals surface area contributed by atoms with Crippen LogP contribution in [0.1, 0.15) is 30.5 Å². The van der Waals surface area contributed by atoms with Gasteiger partial charge in [0.25, 0.3) is 0 Å². The summed E-state index contributed by atoms with van der Waals surface area (Å²) in [4.78, 5) is 28.7. The normalized spacial score (nSPS) is 11.8. The standard InChI is InChI=1S/C29H31Cl2FN2O2S/c1-20(2)16-33-29(36)27(15-21-8-4-3-5-9-21)34(17-22-12-13-24(30)25(31)14-22)28(35)19-37-18-23-10-6-7-11-26(23)32/h3-14,20,27H,15-19H2,1-2H3,(H,33,36). The molecule has 3 aromatic rings. The van der Waals surface area contributed by atoms with Crippen LogP contribution in [0.15, 0.2) is 72.8 Å². The summed E-state index contributed by atoms with van der Waals surface area (Å²) in [6, 6.07) is 20.6. The Labute approximate surface area is 232 Å². The fourth-order valence-electron chi connectivity index (χ4n) is 3.76. The number of benzene rings is 3. The Morgan fingerprint density at radius 3 is 2.32 bits per heavy atom. The second kappa shape index (κ2) is 14.4. The molecule has 1 N–H and O–H groups in total. The molecule has 2 amide bonds. The summed E-state index contributed by atoms with van der Waals surface area (Å²) in [5.41, 5.74) is 2.24. The Kier molecular flexibility index (Phi) is 11.3. The van der Waals surface area contributed by atoms with Crippen molar-refractivity contribution >= 4 is 46.8 Å². The molecule has 1 unspecified atom stereocenters. The summed E-state index contributed by atoms with van der Waals surface area (Å²) in [5.74, 6) is -0.0273. The maximum atomic E-state index is 14.1. The fraction of sp³-hybridized carbons (Fsp3) is 0.310. The molecule has 3 aromatic carbocycles. The van der Waals surface area contributed by atoms with E-state index in [-0.39, 0.29) is 35.8 Å². The van der Waals surface area contributed by atoms with Gasteiger partial charge in [0, 0.05) is 25.3 Å². The highest BCUT2D eigenvalue weighted by Crippen LogP contribution is 2.25. The van der Waals surface area contributed by atoms with Crippen LogP contribution in [-0.4, -0.2) is 35.1 Å². The largest absolute Gasteiger partial charge is 0.354 e. The molecular weight excluding hydrogens is 530 g/mol. The summed E-state index contributed by atoms with van der Waals surface area (Å²) in [5, 5.41) is 3.79. The average molecular weight is 562 g/mol. The van der Waals surface area contributed by atoms with E-state index in [0.717, 1.165) is 11.1 Å². The first-order chi connectivity index (χ1) is 17.7. The van der Waals surface area contributed by atoms with Gasteiger partial charge in [0.1, 0.15) is 11.9 Å². The minimum Gasteiger partial charge on any atom is -0.354 e. The van der Waals surface area contributed by atoms with Crippen LogP contribution < -0.4 is 5.32 Å². The van der Waals surface area contributed by atoms with Crippen LogP contribution >= 0.6 is 35.0 Å². The Hall–Kier alpha value is -2.54. The van der Waals surface area contributed by atoms with E-state index in [0.29, 0.717) is 34.3 Å². The molecule has 196 valence electrons. The van der Waals surface area contributed by atoms with E-state index in [1.807, 2.05) is 44.2 Å². The quantitative estimate of drug-likeness (QED) is 0.265. The molecule has 0 aromatic heterocycles. The lowest BCUT2D eigenvalue weighted by Gasteiger charge is -2.32. The SMILES string of the molecule is CC(C)CNC(=O)C(Cc1ccccc1)N(Cc1ccc(Cl)c(Cl)c1)C(=O)CSCc1ccccc1F. The number of amides is 2. The Morgan fingerprint density at radius 1 is 0.946 bits per heavy atom. The monoisotopic (exact) mass is 560 g/mol. The third-order valence-electron chi connectivity index (χ3n) is 5.73. The third kappa shape index (κ3) is 9.06. The minimum absolute atomic E-state index is 0.0956. The van der Waals surface area contributed by atoms with Crippen LogP contribution in [0.2, 0.25) is 10.0 Å². The zero-order valence-corrected chi connectivity index (χ0v) is 23.3. The topological polar surface area (TPSA) is 49.4 Å². The van der Waals surface area contributed by atoms with E-state index in [9.17, 15) is 14.0 Å². The molecule has 0 bridgehead atoms. The lowest BCUT2D eigenvalue weighted by Crippen LogP contribution is -2.51. The highest BCUT2D eigenvalue weighted by molar-refractivity contribution is 7.99. The highest BCUT2D eigenvalue weighted by atomic mass is 35.5. The second-order valence-electron chi connectivity index (χ2n) is 9.20. The lowest BCUT2D eigenvalue weighted by molar-refractivity contribution is -0.139. The zero-order chi connectivity index (χ0) is 26.8. The van der Waals surface area contributed by atoms with E-state index in [1.54, 1.807) is 41.3 Å². The molecule has 4 nitrogen and oxygen atoms in total. The van der Waals surface area contributed by atoms with Gasteiger partial charge in [-0.2, -0.15) is 0 Å². The fourth-order valence-corrected chi connectivity index (χ4v) is 4.98. The summed E-state index contributed by atoms with van der Waals surface area (Å²) in [6.45, 7) is 4.72. The van der Waals surface area contributed by atoms with Gasteiger partial charge in [-0.1, -0.05) is 91.6 Å². The van der Waals surface area contributed by atoms with Gasteiger partial charge in [0.2, 0.25) is 11.8 Å². The van der Waals surface area contributed by atoms with Gasteiger partial charge in [0.05, 0.1) is 15.8 Å². The molecule has 0 heterocycles. The van der Waals surface area contributed by atoms with Crippen molar-refractivity contribution in [3.8, 4) is 0 Å². The molecule has 0 aliphatic carbocycles. The molecule has 1 atom stereocenters. The van der Waals surface area contributed by atoms with Gasteiger partial charge in [-0.25, -0.2) is 4.39 Å². The summed E-state index contributed by atoms with van der Waals surface area (Å²) < 4.78 is 14.1. The number of hydrogen-bond donors (Lipinski definition) is 1. The first-order valence-corrected chi connectivity index (χ1v) is 14.0. The van der Waals surface area contributed by atoms with E-state index in [4.69, 9.17) is 23.2 Å². The molecular formula is C29H31Cl2FN2O2S. The van der Waals surface area contributed by atoms with Gasteiger partial charge < -0.3 is 10.2 Å². The van der Waals surface area contributed by atoms with Crippen molar-refractivity contribution in [3.05, 3.63) is 105 Å². The molecule has 0 fully saturated rings. The predicted molar refractivity (Wildman–Crippen MR) is 151 cm³/mol. The average Bonchev–Trinajstić information content (AvgIpc) is 2.88. The lowest BCUT2D eigenvalue weighted by atomic mass is 10.0. The van der Waals surface area contributed by atoms with E-state index >= 15 is 0 Å². The van der Waals surface area contributed by atoms with Crippen molar-refractivity contribution < 1.29 is 14.0 Å². The number of nitrogens with one attached hydrogen (secondary N) is 1. The van der Waals surface area contributed by atoms with Gasteiger partial charge in [-0.05, 0) is 40.8 Å². The van der Waals surface area contributed by atoms with E-state index in [1.165, 1.54) is 17.8 Å². The van der Waals surface area contributed by atoms with Crippen molar-refractivity contribution in [1.29, 1.82) is 0 Å². The first-order valence-electron chi connectivity index (χ1n) is 12.1. The molecule has 0 saturated carbocycles. The number of nitrogens with zero attached hydrogens (tertiary/aromatic N) is 1. The molecule has 0 radical (unpaired) electrons. The van der Waals surface area contributed by atoms with Gasteiger partial charge >= 0.3 is 0 Å². The van der Waals surface area contributed by atoms with Crippen LogP contribution in [0, 0.1) is 11.7 Å². The molecule has 37 heavy (non-hydrogen) atoms. The molecule has 0 aliphatic rings. The molecule has 8 heteroatoms. The summed E-state index contributed by atoms with van der Waals surface area (Å²) in [7, 11) is 0. The third-order valence-corrected chi connectivity index (χ3v) is 7.44. The number of rotatable bonds is 12. The molecule has 0 spiro atoms. The Morgan fingerprint density at radius 2 is 1.65 bits per heavy atom. The Bertz CT molecular complexity index is 1190. The highest BCUT2D eigenvalue weighted by Gasteiger charge is 2.30. The van der Waals surface area contributed by atoms with Crippen molar-refractivity contribution in [2.45, 2.75) is 38.6 Å². The van der Waals surface area contributed by atoms with Crippen molar-refractivity contribution in [3.63, 3.8) is 0 Å². The van der Waals surface area contributed by atoms with Crippen LogP contribution in [0.3, 0.4) is 0 Å². The number of carbonyl (C=O) groups excluding carboxylic acids is 2. The van der Waals surface area contributed by atoms with Crippen LogP contribution in [-0.2, 0) is 28.3 Å². The first kappa shape index (κ1) is 29.0. The maximum Gasteiger partial charge on any atom is 0.243 e. The smallest absolute Gasteiger partial charge is 0.243 e. The van der Waals surface area contributed by atoms with Crippen LogP contribution in [0.25, 0.3) is 0 Å². The van der Waals surface area contributed by atoms with Crippen LogP contribution in [0.5, 0.6) is 0 Å². The summed E-state index contributed by atoms with van der Waals surface area (Å²) >= 11 is 13.7. The molecule has 3 rings (SSSR count). The second-order valence-corrected chi connectivity index (χ2v) is 11.0. The number of hydrogen-bond acceptors (Lipinski definition) is 3. The minimum atomic E-state index is -0.739. The van der Waals surface area contributed by atoms with Gasteiger partial charge in [-0.3, -0.25) is 9.59 Å². The summed E-state index contributed by atoms with van der Waals surface area (Å²) in [6.07, 6.45) is 0.357. The van der Waals surface area contributed by atoms with Crippen LogP contribution in [0.4, 0.5) is 4.39 Å². The predicted octanol–water partition coefficient (Wildman–Crippen LogP) is 6.78. The number of carbonyl (C=O) groups is 2. The zero-order valence-electron chi connectivity index (χ0n) is 20.9. The Balaban J connectivity index is 1.87. The van der Waals surface area contributed by atoms with Gasteiger partial charge in [-0.15, -0.1) is 11.8 Å². The van der Waals surface area contributed by atoms with Crippen molar-refractivity contribution in [2.75, 3.05) is 12.3 Å². The molecule has 0 aliphatic heterocycles. The van der Waals surface area contributed by atoms with E-state index < -0.39 is 6.04 Å². The van der Waals surface area contributed by atoms with Crippen molar-refractivity contribution in [2.24, 2.45) is 5.92 Å². The van der Waals surface area contributed by atoms with Crippen molar-refractivity contribution in [1.82, 2.24) is 10.2 Å².